The molecule has 18 heavy (non-hydrogen) atoms. The zero-order valence-corrected chi connectivity index (χ0v) is 9.64. The highest BCUT2D eigenvalue weighted by atomic mass is 15.1. The highest BCUT2D eigenvalue weighted by molar-refractivity contribution is 6.08. The fourth-order valence-electron chi connectivity index (χ4n) is 2.44. The van der Waals surface area contributed by atoms with Crippen molar-refractivity contribution in [2.24, 2.45) is 0 Å². The molecule has 0 spiro atoms. The number of benzene rings is 2. The molecule has 0 amide bonds. The van der Waals surface area contributed by atoms with Crippen LogP contribution in [-0.2, 0) is 0 Å². The van der Waals surface area contributed by atoms with Crippen LogP contribution in [0.3, 0.4) is 0 Å². The van der Waals surface area contributed by atoms with Crippen LogP contribution in [-0.4, -0.2) is 15.2 Å². The monoisotopic (exact) mass is 233 g/mol. The summed E-state index contributed by atoms with van der Waals surface area (Å²) in [6, 6.07) is 16.8. The largest absolute Gasteiger partial charge is 0.354 e. The predicted molar refractivity (Wildman–Crippen MR) is 73.4 cm³/mol. The van der Waals surface area contributed by atoms with E-state index in [1.807, 2.05) is 12.1 Å². The third kappa shape index (κ3) is 1.27. The van der Waals surface area contributed by atoms with Gasteiger partial charge in [0.2, 0.25) is 0 Å². The SMILES string of the molecule is c1ccc2c(c1)[nH]c1cc(-c3ccn[nH]3)ccc12. The Morgan fingerprint density at radius 1 is 0.833 bits per heavy atom. The van der Waals surface area contributed by atoms with Gasteiger partial charge in [-0.25, -0.2) is 0 Å². The van der Waals surface area contributed by atoms with Crippen LogP contribution in [0.5, 0.6) is 0 Å². The van der Waals surface area contributed by atoms with E-state index in [9.17, 15) is 0 Å². The van der Waals surface area contributed by atoms with Crippen LogP contribution in [0.4, 0.5) is 0 Å². The molecule has 0 aliphatic carbocycles. The van der Waals surface area contributed by atoms with E-state index in [4.69, 9.17) is 0 Å². The number of rotatable bonds is 1. The van der Waals surface area contributed by atoms with Gasteiger partial charge in [0.1, 0.15) is 0 Å². The van der Waals surface area contributed by atoms with Crippen molar-refractivity contribution in [1.29, 1.82) is 0 Å². The van der Waals surface area contributed by atoms with Gasteiger partial charge in [-0.1, -0.05) is 30.3 Å². The van der Waals surface area contributed by atoms with E-state index in [2.05, 4.69) is 51.6 Å². The minimum atomic E-state index is 1.04. The second kappa shape index (κ2) is 3.47. The van der Waals surface area contributed by atoms with E-state index >= 15 is 0 Å². The summed E-state index contributed by atoms with van der Waals surface area (Å²) >= 11 is 0. The van der Waals surface area contributed by atoms with Gasteiger partial charge in [0.15, 0.2) is 0 Å². The lowest BCUT2D eigenvalue weighted by Crippen LogP contribution is -1.78. The molecule has 0 aliphatic rings. The van der Waals surface area contributed by atoms with Gasteiger partial charge in [0.25, 0.3) is 0 Å². The molecule has 0 saturated heterocycles. The smallest absolute Gasteiger partial charge is 0.0650 e. The summed E-state index contributed by atoms with van der Waals surface area (Å²) in [5, 5.41) is 9.50. The maximum absolute atomic E-state index is 3.99. The van der Waals surface area contributed by atoms with Gasteiger partial charge in [-0.3, -0.25) is 5.10 Å². The van der Waals surface area contributed by atoms with E-state index in [-0.39, 0.29) is 0 Å². The van der Waals surface area contributed by atoms with Crippen LogP contribution in [0.2, 0.25) is 0 Å². The van der Waals surface area contributed by atoms with Gasteiger partial charge in [0, 0.05) is 33.6 Å². The number of hydrogen-bond donors (Lipinski definition) is 2. The molecule has 0 atom stereocenters. The van der Waals surface area contributed by atoms with E-state index in [0.29, 0.717) is 0 Å². The van der Waals surface area contributed by atoms with Crippen molar-refractivity contribution in [3.8, 4) is 11.3 Å². The molecular formula is C15H11N3. The summed E-state index contributed by atoms with van der Waals surface area (Å²) in [6.45, 7) is 0. The van der Waals surface area contributed by atoms with Crippen LogP contribution in [0.15, 0.2) is 54.7 Å². The summed E-state index contributed by atoms with van der Waals surface area (Å²) in [6.07, 6.45) is 1.77. The van der Waals surface area contributed by atoms with Crippen molar-refractivity contribution in [2.45, 2.75) is 0 Å². The number of nitrogens with zero attached hydrogens (tertiary/aromatic N) is 1. The van der Waals surface area contributed by atoms with E-state index in [0.717, 1.165) is 16.8 Å². The first-order valence-electron chi connectivity index (χ1n) is 5.92. The maximum atomic E-state index is 3.99. The van der Waals surface area contributed by atoms with E-state index in [1.54, 1.807) is 6.20 Å². The normalized spacial score (nSPS) is 11.3. The first-order chi connectivity index (χ1) is 8.92. The van der Waals surface area contributed by atoms with Crippen molar-refractivity contribution in [3.63, 3.8) is 0 Å². The number of H-pyrrole nitrogens is 2. The Labute approximate surface area is 103 Å². The van der Waals surface area contributed by atoms with Crippen LogP contribution in [0, 0.1) is 0 Å². The lowest BCUT2D eigenvalue weighted by Gasteiger charge is -1.97. The molecule has 86 valence electrons. The molecule has 0 fully saturated rings. The summed E-state index contributed by atoms with van der Waals surface area (Å²) < 4.78 is 0. The second-order valence-corrected chi connectivity index (χ2v) is 4.40. The Balaban J connectivity index is 2.04. The van der Waals surface area contributed by atoms with Crippen molar-refractivity contribution in [3.05, 3.63) is 54.7 Å². The molecule has 2 aromatic carbocycles. The lowest BCUT2D eigenvalue weighted by molar-refractivity contribution is 1.10. The minimum absolute atomic E-state index is 1.04. The van der Waals surface area contributed by atoms with Gasteiger partial charge in [-0.2, -0.15) is 5.10 Å². The Morgan fingerprint density at radius 2 is 1.72 bits per heavy atom. The van der Waals surface area contributed by atoms with Crippen molar-refractivity contribution in [1.82, 2.24) is 15.2 Å². The Hall–Kier alpha value is -2.55. The first-order valence-corrected chi connectivity index (χ1v) is 5.92. The Morgan fingerprint density at radius 3 is 2.61 bits per heavy atom. The van der Waals surface area contributed by atoms with E-state index in [1.165, 1.54) is 16.3 Å². The van der Waals surface area contributed by atoms with Gasteiger partial charge in [-0.05, 0) is 18.2 Å². The molecule has 2 aromatic heterocycles. The van der Waals surface area contributed by atoms with Gasteiger partial charge in [0.05, 0.1) is 5.69 Å². The molecule has 0 bridgehead atoms. The van der Waals surface area contributed by atoms with E-state index < -0.39 is 0 Å². The fraction of sp³-hybridized carbons (Fsp3) is 0. The lowest BCUT2D eigenvalue weighted by atomic mass is 10.1. The number of aromatic amines is 2. The molecule has 0 aliphatic heterocycles. The molecular weight excluding hydrogens is 222 g/mol. The van der Waals surface area contributed by atoms with Crippen LogP contribution in [0.1, 0.15) is 0 Å². The zero-order chi connectivity index (χ0) is 11.9. The average molecular weight is 233 g/mol. The number of para-hydroxylation sites is 1. The van der Waals surface area contributed by atoms with Crippen LogP contribution < -0.4 is 0 Å². The molecule has 4 rings (SSSR count). The number of fused-ring (bicyclic) bond motifs is 3. The Kier molecular flexibility index (Phi) is 1.83. The van der Waals surface area contributed by atoms with Gasteiger partial charge in [-0.15, -0.1) is 0 Å². The quantitative estimate of drug-likeness (QED) is 0.517. The molecule has 2 heterocycles. The molecule has 0 radical (unpaired) electrons. The predicted octanol–water partition coefficient (Wildman–Crippen LogP) is 3.71. The van der Waals surface area contributed by atoms with Crippen molar-refractivity contribution < 1.29 is 0 Å². The molecule has 3 nitrogen and oxygen atoms in total. The number of hydrogen-bond acceptors (Lipinski definition) is 1. The zero-order valence-electron chi connectivity index (χ0n) is 9.64. The maximum Gasteiger partial charge on any atom is 0.0650 e. The van der Waals surface area contributed by atoms with Crippen LogP contribution >= 0.6 is 0 Å². The molecule has 3 heteroatoms. The second-order valence-electron chi connectivity index (χ2n) is 4.40. The third-order valence-corrected chi connectivity index (χ3v) is 3.32. The van der Waals surface area contributed by atoms with Gasteiger partial charge < -0.3 is 4.98 Å². The molecule has 0 saturated carbocycles. The topological polar surface area (TPSA) is 44.5 Å². The minimum Gasteiger partial charge on any atom is -0.354 e. The highest BCUT2D eigenvalue weighted by Crippen LogP contribution is 2.28. The fourth-order valence-corrected chi connectivity index (χ4v) is 2.44. The first kappa shape index (κ1) is 9.48. The molecule has 0 unspecified atom stereocenters. The Bertz CT molecular complexity index is 825. The number of aromatic nitrogens is 3. The third-order valence-electron chi connectivity index (χ3n) is 3.32. The standard InChI is InChI=1S/C15H11N3/c1-2-4-14-11(3-1)12-6-5-10(9-15(12)17-14)13-7-8-16-18-13/h1-9,17H,(H,16,18). The summed E-state index contributed by atoms with van der Waals surface area (Å²) in [5.41, 5.74) is 4.51. The van der Waals surface area contributed by atoms with Crippen molar-refractivity contribution >= 4 is 21.8 Å². The summed E-state index contributed by atoms with van der Waals surface area (Å²) in [5.74, 6) is 0. The summed E-state index contributed by atoms with van der Waals surface area (Å²) in [4.78, 5) is 3.45. The molecule has 4 aromatic rings. The van der Waals surface area contributed by atoms with Crippen molar-refractivity contribution in [2.75, 3.05) is 0 Å². The number of nitrogens with one attached hydrogen (secondary N) is 2. The average Bonchev–Trinajstić information content (AvgIpc) is 3.05. The van der Waals surface area contributed by atoms with Gasteiger partial charge >= 0.3 is 0 Å². The summed E-state index contributed by atoms with van der Waals surface area (Å²) in [7, 11) is 0. The van der Waals surface area contributed by atoms with Crippen LogP contribution in [0.25, 0.3) is 33.1 Å². The molecule has 2 N–H and O–H groups in total. The highest BCUT2D eigenvalue weighted by Gasteiger charge is 2.05.